The van der Waals surface area contributed by atoms with Crippen LogP contribution in [0.5, 0.6) is 11.5 Å². The minimum atomic E-state index is -0.373. The zero-order chi connectivity index (χ0) is 19.4. The van der Waals surface area contributed by atoms with Crippen LogP contribution in [0, 0.1) is 5.92 Å². The third kappa shape index (κ3) is 4.05. The van der Waals surface area contributed by atoms with Gasteiger partial charge in [0.05, 0.1) is 25.8 Å². The van der Waals surface area contributed by atoms with Crippen molar-refractivity contribution < 1.29 is 19.1 Å². The first kappa shape index (κ1) is 18.8. The summed E-state index contributed by atoms with van der Waals surface area (Å²) in [5, 5.41) is 0. The van der Waals surface area contributed by atoms with Crippen molar-refractivity contribution in [3.05, 3.63) is 54.1 Å². The molecule has 6 nitrogen and oxygen atoms in total. The number of carbonyl (C=O) groups is 2. The van der Waals surface area contributed by atoms with E-state index in [4.69, 9.17) is 9.47 Å². The van der Waals surface area contributed by atoms with E-state index in [1.54, 1.807) is 49.3 Å². The third-order valence-corrected chi connectivity index (χ3v) is 4.79. The number of carbonyl (C=O) groups excluding carboxylic acids is 2. The van der Waals surface area contributed by atoms with Crippen LogP contribution >= 0.6 is 0 Å². The number of anilines is 1. The smallest absolute Gasteiger partial charge is 0.228 e. The number of benzene rings is 2. The van der Waals surface area contributed by atoms with Gasteiger partial charge in [-0.05, 0) is 17.7 Å². The monoisotopic (exact) mass is 368 g/mol. The molecule has 1 saturated heterocycles. The van der Waals surface area contributed by atoms with Crippen molar-refractivity contribution in [2.45, 2.75) is 13.0 Å². The average molecular weight is 368 g/mol. The van der Waals surface area contributed by atoms with Crippen LogP contribution in [0.25, 0.3) is 0 Å². The number of rotatable bonds is 6. The fraction of sp³-hybridized carbons (Fsp3) is 0.333. The van der Waals surface area contributed by atoms with Gasteiger partial charge in [-0.3, -0.25) is 9.59 Å². The molecule has 0 N–H and O–H groups in total. The molecule has 3 rings (SSSR count). The van der Waals surface area contributed by atoms with E-state index in [2.05, 4.69) is 0 Å². The van der Waals surface area contributed by atoms with Crippen molar-refractivity contribution in [1.29, 1.82) is 0 Å². The molecular formula is C21H24N2O4. The minimum absolute atomic E-state index is 0.0310. The number of methoxy groups -OCH3 is 2. The fourth-order valence-electron chi connectivity index (χ4n) is 3.36. The lowest BCUT2D eigenvalue weighted by atomic mass is 10.1. The number of ether oxygens (including phenoxy) is 2. The lowest BCUT2D eigenvalue weighted by Crippen LogP contribution is -2.34. The van der Waals surface area contributed by atoms with Crippen LogP contribution in [0.4, 0.5) is 5.69 Å². The van der Waals surface area contributed by atoms with E-state index < -0.39 is 0 Å². The Hall–Kier alpha value is -3.02. The van der Waals surface area contributed by atoms with Gasteiger partial charge in [0.25, 0.3) is 0 Å². The highest BCUT2D eigenvalue weighted by Crippen LogP contribution is 2.36. The summed E-state index contributed by atoms with van der Waals surface area (Å²) in [6.07, 6.45) is 0.193. The van der Waals surface area contributed by atoms with Gasteiger partial charge in [-0.15, -0.1) is 0 Å². The van der Waals surface area contributed by atoms with Crippen LogP contribution in [0.2, 0.25) is 0 Å². The van der Waals surface area contributed by atoms with Crippen molar-refractivity contribution in [2.24, 2.45) is 5.92 Å². The topological polar surface area (TPSA) is 59.1 Å². The molecule has 1 aliphatic rings. The quantitative estimate of drug-likeness (QED) is 0.787. The van der Waals surface area contributed by atoms with Gasteiger partial charge in [-0.2, -0.15) is 0 Å². The van der Waals surface area contributed by atoms with Crippen LogP contribution in [0.3, 0.4) is 0 Å². The molecule has 1 aliphatic heterocycles. The highest BCUT2D eigenvalue weighted by atomic mass is 16.5. The number of amides is 2. The maximum Gasteiger partial charge on any atom is 0.228 e. The Labute approximate surface area is 159 Å². The van der Waals surface area contributed by atoms with Crippen molar-refractivity contribution >= 4 is 17.5 Å². The summed E-state index contributed by atoms with van der Waals surface area (Å²) >= 11 is 0. The molecule has 0 spiro atoms. The van der Waals surface area contributed by atoms with E-state index >= 15 is 0 Å². The van der Waals surface area contributed by atoms with E-state index in [0.29, 0.717) is 30.3 Å². The van der Waals surface area contributed by atoms with Gasteiger partial charge in [0.15, 0.2) is 0 Å². The summed E-state index contributed by atoms with van der Waals surface area (Å²) in [4.78, 5) is 28.7. The van der Waals surface area contributed by atoms with Gasteiger partial charge in [-0.25, -0.2) is 0 Å². The molecule has 0 aromatic heterocycles. The number of hydrogen-bond donors (Lipinski definition) is 0. The summed E-state index contributed by atoms with van der Waals surface area (Å²) in [6, 6.07) is 15.1. The predicted octanol–water partition coefficient (Wildman–Crippen LogP) is 2.72. The Kier molecular flexibility index (Phi) is 5.64. The Morgan fingerprint density at radius 1 is 1.15 bits per heavy atom. The van der Waals surface area contributed by atoms with E-state index in [1.807, 2.05) is 30.3 Å². The van der Waals surface area contributed by atoms with Gasteiger partial charge in [-0.1, -0.05) is 30.3 Å². The van der Waals surface area contributed by atoms with E-state index in [9.17, 15) is 9.59 Å². The molecule has 1 fully saturated rings. The molecule has 27 heavy (non-hydrogen) atoms. The number of nitrogens with zero attached hydrogens (tertiary/aromatic N) is 2. The first-order valence-corrected chi connectivity index (χ1v) is 8.84. The maximum atomic E-state index is 12.8. The lowest BCUT2D eigenvalue weighted by molar-refractivity contribution is -0.135. The van der Waals surface area contributed by atoms with E-state index in [0.717, 1.165) is 5.56 Å². The van der Waals surface area contributed by atoms with Crippen LogP contribution in [0.15, 0.2) is 48.5 Å². The van der Waals surface area contributed by atoms with Gasteiger partial charge in [0, 0.05) is 32.6 Å². The van der Waals surface area contributed by atoms with Crippen molar-refractivity contribution in [3.8, 4) is 11.5 Å². The normalized spacial score (nSPS) is 16.3. The van der Waals surface area contributed by atoms with Crippen LogP contribution in [-0.2, 0) is 16.1 Å². The third-order valence-electron chi connectivity index (χ3n) is 4.79. The summed E-state index contributed by atoms with van der Waals surface area (Å²) in [5.41, 5.74) is 1.69. The van der Waals surface area contributed by atoms with E-state index in [-0.39, 0.29) is 24.2 Å². The molecule has 2 aromatic rings. The Morgan fingerprint density at radius 3 is 2.56 bits per heavy atom. The van der Waals surface area contributed by atoms with Crippen molar-refractivity contribution in [1.82, 2.24) is 4.90 Å². The summed E-state index contributed by atoms with van der Waals surface area (Å²) < 4.78 is 10.6. The highest BCUT2D eigenvalue weighted by molar-refractivity contribution is 6.01. The zero-order valence-electron chi connectivity index (χ0n) is 15.8. The molecule has 2 amide bonds. The van der Waals surface area contributed by atoms with Gasteiger partial charge in [0.1, 0.15) is 11.5 Å². The molecule has 6 heteroatoms. The summed E-state index contributed by atoms with van der Waals surface area (Å²) in [5.74, 6) is 0.719. The predicted molar refractivity (Wildman–Crippen MR) is 103 cm³/mol. The first-order valence-electron chi connectivity index (χ1n) is 8.84. The molecule has 0 saturated carbocycles. The molecule has 2 aromatic carbocycles. The molecule has 142 valence electrons. The highest BCUT2D eigenvalue weighted by Gasteiger charge is 2.37. The summed E-state index contributed by atoms with van der Waals surface area (Å²) in [7, 11) is 4.90. The zero-order valence-corrected chi connectivity index (χ0v) is 15.8. The fourth-order valence-corrected chi connectivity index (χ4v) is 3.36. The Morgan fingerprint density at radius 2 is 1.89 bits per heavy atom. The van der Waals surface area contributed by atoms with Crippen molar-refractivity contribution in [3.63, 3.8) is 0 Å². The van der Waals surface area contributed by atoms with E-state index in [1.165, 1.54) is 0 Å². The Bertz CT molecular complexity index is 822. The van der Waals surface area contributed by atoms with Gasteiger partial charge < -0.3 is 19.3 Å². The second-order valence-electron chi connectivity index (χ2n) is 6.62. The summed E-state index contributed by atoms with van der Waals surface area (Å²) in [6.45, 7) is 0.854. The molecule has 0 aliphatic carbocycles. The molecule has 1 unspecified atom stereocenters. The Balaban J connectivity index is 1.74. The average Bonchev–Trinajstić information content (AvgIpc) is 3.09. The molecule has 1 atom stereocenters. The van der Waals surface area contributed by atoms with Gasteiger partial charge >= 0.3 is 0 Å². The molecule has 0 radical (unpaired) electrons. The molecular weight excluding hydrogens is 344 g/mol. The van der Waals surface area contributed by atoms with Gasteiger partial charge in [0.2, 0.25) is 11.8 Å². The second kappa shape index (κ2) is 8.12. The SMILES string of the molecule is COc1ccc(OC)c(N2CC(C(=O)N(C)Cc3ccccc3)CC2=O)c1. The standard InChI is InChI=1S/C21H24N2O4/c1-22(13-15-7-5-4-6-8-15)21(25)16-11-20(24)23(14-16)18-12-17(26-2)9-10-19(18)27-3/h4-10,12,16H,11,13-14H2,1-3H3. The molecule has 0 bridgehead atoms. The van der Waals surface area contributed by atoms with Crippen LogP contribution < -0.4 is 14.4 Å². The maximum absolute atomic E-state index is 12.8. The van der Waals surface area contributed by atoms with Crippen LogP contribution in [-0.4, -0.2) is 44.5 Å². The van der Waals surface area contributed by atoms with Crippen molar-refractivity contribution in [2.75, 3.05) is 32.7 Å². The lowest BCUT2D eigenvalue weighted by Gasteiger charge is -2.22. The largest absolute Gasteiger partial charge is 0.497 e. The van der Waals surface area contributed by atoms with Crippen LogP contribution in [0.1, 0.15) is 12.0 Å². The first-order chi connectivity index (χ1) is 13.0. The number of hydrogen-bond acceptors (Lipinski definition) is 4. The molecule has 1 heterocycles. The minimum Gasteiger partial charge on any atom is -0.497 e. The second-order valence-corrected chi connectivity index (χ2v) is 6.62.